The van der Waals surface area contributed by atoms with E-state index in [1.807, 2.05) is 30.3 Å². The number of ether oxygens (including phenoxy) is 3. The molecule has 1 aliphatic rings. The highest BCUT2D eigenvalue weighted by Crippen LogP contribution is 2.42. The molecule has 142 valence electrons. The Labute approximate surface area is 159 Å². The summed E-state index contributed by atoms with van der Waals surface area (Å²) in [4.78, 5) is 12.5. The summed E-state index contributed by atoms with van der Waals surface area (Å²) in [5, 5.41) is 8.77. The zero-order valence-corrected chi connectivity index (χ0v) is 16.5. The van der Waals surface area contributed by atoms with E-state index in [-0.39, 0.29) is 5.60 Å². The molecular formula is C18H25N3O4S. The number of hydrogen-bond acceptors (Lipinski definition) is 7. The summed E-state index contributed by atoms with van der Waals surface area (Å²) in [7, 11) is 3.25. The average Bonchev–Trinajstić information content (AvgIpc) is 2.92. The monoisotopic (exact) mass is 379 g/mol. The number of hydrogen-bond donors (Lipinski definition) is 0. The molecule has 0 unspecified atom stereocenters. The van der Waals surface area contributed by atoms with E-state index in [4.69, 9.17) is 19.5 Å². The first-order valence-electron chi connectivity index (χ1n) is 8.41. The van der Waals surface area contributed by atoms with Crippen LogP contribution >= 0.6 is 12.1 Å². The van der Waals surface area contributed by atoms with Gasteiger partial charge in [0.1, 0.15) is 5.60 Å². The second-order valence-electron chi connectivity index (χ2n) is 6.56. The fourth-order valence-electron chi connectivity index (χ4n) is 2.59. The summed E-state index contributed by atoms with van der Waals surface area (Å²) in [5.41, 5.74) is 0.728. The third-order valence-corrected chi connectivity index (χ3v) is 4.76. The van der Waals surface area contributed by atoms with E-state index in [2.05, 4.69) is 6.07 Å². The van der Waals surface area contributed by atoms with E-state index in [9.17, 15) is 4.79 Å². The fourth-order valence-corrected chi connectivity index (χ4v) is 3.37. The molecule has 8 heteroatoms. The van der Waals surface area contributed by atoms with Gasteiger partial charge in [-0.25, -0.2) is 13.4 Å². The number of carbonyl (C=O) groups excluding carboxylic acids is 1. The number of nitrogens with zero attached hydrogens (tertiary/aromatic N) is 3. The van der Waals surface area contributed by atoms with E-state index >= 15 is 0 Å². The van der Waals surface area contributed by atoms with Crippen LogP contribution in [0.5, 0.6) is 11.5 Å². The van der Waals surface area contributed by atoms with Crippen LogP contribution in [-0.4, -0.2) is 54.2 Å². The summed E-state index contributed by atoms with van der Waals surface area (Å²) < 4.78 is 19.8. The Morgan fingerprint density at radius 1 is 1.42 bits per heavy atom. The minimum atomic E-state index is -0.504. The Kier molecular flexibility index (Phi) is 7.14. The maximum atomic E-state index is 12.5. The van der Waals surface area contributed by atoms with Crippen LogP contribution in [0.3, 0.4) is 0 Å². The molecule has 0 saturated carbocycles. The number of para-hydroxylation sites is 1. The summed E-state index contributed by atoms with van der Waals surface area (Å²) in [6.45, 7) is 5.64. The zero-order chi connectivity index (χ0) is 19.2. The average molecular weight is 379 g/mol. The quantitative estimate of drug-likeness (QED) is 0.642. The summed E-state index contributed by atoms with van der Waals surface area (Å²) in [6, 6.07) is 7.68. The molecule has 0 atom stereocenters. The molecule has 26 heavy (non-hydrogen) atoms. The number of amides is 1. The Morgan fingerprint density at radius 2 is 2.19 bits per heavy atom. The van der Waals surface area contributed by atoms with Crippen molar-refractivity contribution in [1.29, 1.82) is 5.26 Å². The maximum absolute atomic E-state index is 12.5. The Bertz CT molecular complexity index is 675. The van der Waals surface area contributed by atoms with Crippen LogP contribution in [0.15, 0.2) is 18.2 Å². The Morgan fingerprint density at radius 3 is 2.88 bits per heavy atom. The lowest BCUT2D eigenvalue weighted by Gasteiger charge is -2.24. The van der Waals surface area contributed by atoms with Gasteiger partial charge in [-0.05, 0) is 19.9 Å². The van der Waals surface area contributed by atoms with Gasteiger partial charge in [0.05, 0.1) is 12.7 Å². The van der Waals surface area contributed by atoms with Gasteiger partial charge >= 0.3 is 6.09 Å². The smallest absolute Gasteiger partial charge is 0.426 e. The van der Waals surface area contributed by atoms with Crippen molar-refractivity contribution < 1.29 is 19.0 Å². The molecule has 0 bridgehead atoms. The van der Waals surface area contributed by atoms with Gasteiger partial charge in [0, 0.05) is 57.8 Å². The van der Waals surface area contributed by atoms with Crippen molar-refractivity contribution in [2.75, 3.05) is 33.9 Å². The van der Waals surface area contributed by atoms with Crippen molar-refractivity contribution >= 4 is 18.2 Å². The van der Waals surface area contributed by atoms with Gasteiger partial charge in [0.2, 0.25) is 0 Å². The number of nitriles is 1. The van der Waals surface area contributed by atoms with E-state index in [1.54, 1.807) is 20.2 Å². The minimum absolute atomic E-state index is 0.306. The predicted octanol–water partition coefficient (Wildman–Crippen LogP) is 3.26. The van der Waals surface area contributed by atoms with Gasteiger partial charge in [-0.2, -0.15) is 5.26 Å². The molecule has 2 rings (SSSR count). The van der Waals surface area contributed by atoms with Crippen molar-refractivity contribution in [1.82, 2.24) is 8.61 Å². The lowest BCUT2D eigenvalue weighted by Crippen LogP contribution is -2.31. The van der Waals surface area contributed by atoms with Gasteiger partial charge in [0.25, 0.3) is 0 Å². The number of benzene rings is 1. The molecule has 1 aromatic rings. The first-order chi connectivity index (χ1) is 12.4. The first-order valence-corrected chi connectivity index (χ1v) is 9.14. The summed E-state index contributed by atoms with van der Waals surface area (Å²) >= 11 is 1.21. The van der Waals surface area contributed by atoms with E-state index in [1.165, 1.54) is 16.4 Å². The van der Waals surface area contributed by atoms with Crippen molar-refractivity contribution in [3.63, 3.8) is 0 Å². The summed E-state index contributed by atoms with van der Waals surface area (Å²) in [5.74, 6) is 1.05. The van der Waals surface area contributed by atoms with Crippen LogP contribution in [0.1, 0.15) is 25.8 Å². The van der Waals surface area contributed by atoms with Gasteiger partial charge in [-0.15, -0.1) is 0 Å². The fraction of sp³-hybridized carbons (Fsp3) is 0.556. The third kappa shape index (κ3) is 5.53. The lowest BCUT2D eigenvalue weighted by atomic mass is 10.0. The highest BCUT2D eigenvalue weighted by atomic mass is 32.2. The molecule has 0 saturated heterocycles. The predicted molar refractivity (Wildman–Crippen MR) is 99.9 cm³/mol. The van der Waals surface area contributed by atoms with Gasteiger partial charge < -0.3 is 14.2 Å². The van der Waals surface area contributed by atoms with Crippen LogP contribution in [0.2, 0.25) is 0 Å². The maximum Gasteiger partial charge on any atom is 0.426 e. The molecule has 1 amide bonds. The second kappa shape index (κ2) is 9.12. The molecule has 0 spiro atoms. The van der Waals surface area contributed by atoms with E-state index in [0.29, 0.717) is 37.6 Å². The van der Waals surface area contributed by atoms with Gasteiger partial charge in [-0.3, -0.25) is 0 Å². The van der Waals surface area contributed by atoms with E-state index < -0.39 is 6.09 Å². The molecule has 1 aliphatic heterocycles. The molecule has 7 nitrogen and oxygen atoms in total. The zero-order valence-electron chi connectivity index (χ0n) is 15.7. The SMILES string of the molecule is COCCN(CCC#N)SN(C)C(=O)Oc1cccc2c1OC(C)(C)C2. The highest BCUT2D eigenvalue weighted by Gasteiger charge is 2.33. The molecule has 0 N–H and O–H groups in total. The van der Waals surface area contributed by atoms with Crippen LogP contribution in [0.4, 0.5) is 4.79 Å². The Balaban J connectivity index is 1.99. The van der Waals surface area contributed by atoms with Crippen LogP contribution in [0, 0.1) is 11.3 Å². The topological polar surface area (TPSA) is 75.0 Å². The van der Waals surface area contributed by atoms with Crippen molar-refractivity contribution in [3.8, 4) is 17.6 Å². The largest absolute Gasteiger partial charge is 0.483 e. The first kappa shape index (κ1) is 20.4. The van der Waals surface area contributed by atoms with Crippen LogP contribution in [-0.2, 0) is 11.2 Å². The number of rotatable bonds is 8. The lowest BCUT2D eigenvalue weighted by molar-refractivity contribution is 0.131. The minimum Gasteiger partial charge on any atom is -0.483 e. The standard InChI is InChI=1S/C18H25N3O4S/c1-18(2)13-14-7-5-8-15(16(14)25-18)24-17(22)20(3)26-21(10-6-9-19)11-12-23-4/h5,7-8H,6,10-13H2,1-4H3. The van der Waals surface area contributed by atoms with Crippen molar-refractivity contribution in [3.05, 3.63) is 23.8 Å². The van der Waals surface area contributed by atoms with Crippen LogP contribution in [0.25, 0.3) is 0 Å². The molecule has 0 fully saturated rings. The molecule has 1 heterocycles. The van der Waals surface area contributed by atoms with Crippen molar-refractivity contribution in [2.24, 2.45) is 0 Å². The molecule has 0 radical (unpaired) electrons. The number of carbonyl (C=O) groups is 1. The second-order valence-corrected chi connectivity index (χ2v) is 7.79. The number of methoxy groups -OCH3 is 1. The van der Waals surface area contributed by atoms with Gasteiger partial charge in [-0.1, -0.05) is 12.1 Å². The highest BCUT2D eigenvalue weighted by molar-refractivity contribution is 7.95. The van der Waals surface area contributed by atoms with E-state index in [0.717, 1.165) is 12.0 Å². The third-order valence-electron chi connectivity index (χ3n) is 3.77. The summed E-state index contributed by atoms with van der Waals surface area (Å²) in [6.07, 6.45) is 0.641. The molecule has 0 aromatic heterocycles. The van der Waals surface area contributed by atoms with Crippen LogP contribution < -0.4 is 9.47 Å². The van der Waals surface area contributed by atoms with Crippen molar-refractivity contribution in [2.45, 2.75) is 32.3 Å². The normalized spacial score (nSPS) is 14.5. The molecule has 1 aromatic carbocycles. The number of fused-ring (bicyclic) bond motifs is 1. The molecule has 0 aliphatic carbocycles. The molecular weight excluding hydrogens is 354 g/mol. The van der Waals surface area contributed by atoms with Gasteiger partial charge in [0.15, 0.2) is 11.5 Å². The Hall–Kier alpha value is -1.95.